The molecule has 0 spiro atoms. The minimum Gasteiger partial charge on any atom is -0.504 e. The molecule has 3 N–H and O–H groups in total. The SMILES string of the molecule is CCOc1cccc(/C=N/Nc2ccc([N+](=O)[O-])cc2S(=O)(=O)Nc2ccc(OC)cc2)c1O. The van der Waals surface area contributed by atoms with E-state index in [-0.39, 0.29) is 27.8 Å². The third kappa shape index (κ3) is 5.72. The van der Waals surface area contributed by atoms with E-state index in [4.69, 9.17) is 9.47 Å². The summed E-state index contributed by atoms with van der Waals surface area (Å²) in [6, 6.07) is 14.3. The second-order valence-electron chi connectivity index (χ2n) is 6.77. The summed E-state index contributed by atoms with van der Waals surface area (Å²) >= 11 is 0. The molecule has 0 bridgehead atoms. The highest BCUT2D eigenvalue weighted by molar-refractivity contribution is 7.92. The van der Waals surface area contributed by atoms with Gasteiger partial charge in [-0.05, 0) is 49.4 Å². The molecule has 3 rings (SSSR count). The number of non-ortho nitro benzene ring substituents is 1. The molecule has 0 aliphatic carbocycles. The fourth-order valence-electron chi connectivity index (χ4n) is 2.90. The van der Waals surface area contributed by atoms with Crippen molar-refractivity contribution in [2.45, 2.75) is 11.8 Å². The molecule has 0 fully saturated rings. The molecule has 0 aliphatic heterocycles. The predicted octanol–water partition coefficient (Wildman–Crippen LogP) is 3.95. The van der Waals surface area contributed by atoms with Crippen molar-refractivity contribution in [1.82, 2.24) is 0 Å². The second-order valence-corrected chi connectivity index (χ2v) is 8.42. The zero-order valence-corrected chi connectivity index (χ0v) is 19.1. The van der Waals surface area contributed by atoms with Crippen molar-refractivity contribution in [2.75, 3.05) is 23.9 Å². The van der Waals surface area contributed by atoms with E-state index < -0.39 is 20.6 Å². The van der Waals surface area contributed by atoms with Gasteiger partial charge in [-0.25, -0.2) is 8.42 Å². The van der Waals surface area contributed by atoms with Gasteiger partial charge in [0.1, 0.15) is 10.6 Å². The summed E-state index contributed by atoms with van der Waals surface area (Å²) in [5.74, 6) is 0.674. The van der Waals surface area contributed by atoms with Crippen LogP contribution in [-0.2, 0) is 10.0 Å². The molecule has 11 nitrogen and oxygen atoms in total. The Kier molecular flexibility index (Phi) is 7.53. The number of methoxy groups -OCH3 is 1. The van der Waals surface area contributed by atoms with Crippen molar-refractivity contribution < 1.29 is 27.9 Å². The van der Waals surface area contributed by atoms with Gasteiger partial charge in [0.05, 0.1) is 30.5 Å². The van der Waals surface area contributed by atoms with Crippen LogP contribution in [0.5, 0.6) is 17.2 Å². The van der Waals surface area contributed by atoms with Gasteiger partial charge in [-0.2, -0.15) is 5.10 Å². The molecule has 0 unspecified atom stereocenters. The lowest BCUT2D eigenvalue weighted by Gasteiger charge is -2.12. The zero-order valence-electron chi connectivity index (χ0n) is 18.3. The number of benzene rings is 3. The number of aromatic hydroxyl groups is 1. The molecule has 0 aromatic heterocycles. The van der Waals surface area contributed by atoms with E-state index in [0.717, 1.165) is 12.1 Å². The first-order valence-corrected chi connectivity index (χ1v) is 11.4. The average Bonchev–Trinajstić information content (AvgIpc) is 2.81. The maximum absolute atomic E-state index is 13.0. The normalized spacial score (nSPS) is 11.2. The standard InChI is InChI=1S/C22H22N4O7S/c1-3-33-20-6-4-5-15(22(20)27)14-23-24-19-12-9-17(26(28)29)13-21(19)34(30,31)25-16-7-10-18(32-2)11-8-16/h4-14,24-25,27H,3H2,1-2H3/b23-14+. The second kappa shape index (κ2) is 10.5. The van der Waals surface area contributed by atoms with Gasteiger partial charge in [0.25, 0.3) is 15.7 Å². The maximum Gasteiger partial charge on any atom is 0.270 e. The molecule has 0 atom stereocenters. The number of nitrogens with zero attached hydrogens (tertiary/aromatic N) is 2. The summed E-state index contributed by atoms with van der Waals surface area (Å²) < 4.78 is 38.8. The van der Waals surface area contributed by atoms with Crippen LogP contribution in [0, 0.1) is 10.1 Å². The zero-order chi connectivity index (χ0) is 24.7. The Hall–Kier alpha value is -4.32. The summed E-state index contributed by atoms with van der Waals surface area (Å²) in [6.45, 7) is 2.13. The van der Waals surface area contributed by atoms with Gasteiger partial charge in [0.15, 0.2) is 11.5 Å². The van der Waals surface area contributed by atoms with Crippen molar-refractivity contribution in [2.24, 2.45) is 5.10 Å². The van der Waals surface area contributed by atoms with Gasteiger partial charge in [0, 0.05) is 23.4 Å². The number of para-hydroxylation sites is 1. The van der Waals surface area contributed by atoms with Crippen molar-refractivity contribution in [3.05, 3.63) is 76.3 Å². The van der Waals surface area contributed by atoms with E-state index in [1.807, 2.05) is 0 Å². The number of phenols is 1. The first-order chi connectivity index (χ1) is 16.2. The number of nitro groups is 1. The number of rotatable bonds is 10. The molecule has 0 radical (unpaired) electrons. The third-order valence-electron chi connectivity index (χ3n) is 4.53. The number of nitrogens with one attached hydrogen (secondary N) is 2. The largest absolute Gasteiger partial charge is 0.504 e. The molecule has 3 aromatic rings. The van der Waals surface area contributed by atoms with Crippen LogP contribution in [0.3, 0.4) is 0 Å². The van der Waals surface area contributed by atoms with E-state index in [2.05, 4.69) is 15.2 Å². The Labute approximate surface area is 195 Å². The Bertz CT molecular complexity index is 1310. The Balaban J connectivity index is 1.91. The summed E-state index contributed by atoms with van der Waals surface area (Å²) in [7, 11) is -2.76. The van der Waals surface area contributed by atoms with Crippen LogP contribution in [0.4, 0.5) is 17.1 Å². The van der Waals surface area contributed by atoms with Crippen LogP contribution in [0.15, 0.2) is 70.7 Å². The van der Waals surface area contributed by atoms with Gasteiger partial charge in [-0.3, -0.25) is 20.3 Å². The van der Waals surface area contributed by atoms with E-state index in [0.29, 0.717) is 17.9 Å². The summed E-state index contributed by atoms with van der Waals surface area (Å²) in [5.41, 5.74) is 2.71. The summed E-state index contributed by atoms with van der Waals surface area (Å²) in [5, 5.41) is 25.5. The van der Waals surface area contributed by atoms with Gasteiger partial charge < -0.3 is 14.6 Å². The number of hydrogen-bond acceptors (Lipinski definition) is 9. The van der Waals surface area contributed by atoms with Crippen LogP contribution < -0.4 is 19.6 Å². The molecular weight excluding hydrogens is 464 g/mol. The van der Waals surface area contributed by atoms with Crippen LogP contribution in [-0.4, -0.2) is 38.4 Å². The monoisotopic (exact) mass is 486 g/mol. The topological polar surface area (TPSA) is 152 Å². The van der Waals surface area contributed by atoms with Gasteiger partial charge in [-0.1, -0.05) is 6.07 Å². The number of nitro benzene ring substituents is 1. The van der Waals surface area contributed by atoms with Gasteiger partial charge in [-0.15, -0.1) is 0 Å². The molecule has 0 saturated carbocycles. The molecule has 12 heteroatoms. The number of anilines is 2. The van der Waals surface area contributed by atoms with Crippen molar-refractivity contribution in [1.29, 1.82) is 0 Å². The highest BCUT2D eigenvalue weighted by Gasteiger charge is 2.23. The number of hydrogen-bond donors (Lipinski definition) is 3. The first kappa shape index (κ1) is 24.3. The van der Waals surface area contributed by atoms with Crippen LogP contribution >= 0.6 is 0 Å². The molecule has 178 valence electrons. The van der Waals surface area contributed by atoms with Crippen molar-refractivity contribution in [3.8, 4) is 17.2 Å². The number of sulfonamides is 1. The predicted molar refractivity (Wildman–Crippen MR) is 127 cm³/mol. The molecule has 3 aromatic carbocycles. The quantitative estimate of drug-likeness (QED) is 0.221. The van der Waals surface area contributed by atoms with Crippen LogP contribution in [0.25, 0.3) is 0 Å². The Morgan fingerprint density at radius 1 is 1.15 bits per heavy atom. The van der Waals surface area contributed by atoms with Gasteiger partial charge >= 0.3 is 0 Å². The lowest BCUT2D eigenvalue weighted by atomic mass is 10.2. The first-order valence-electron chi connectivity index (χ1n) is 9.94. The molecular formula is C22H22N4O7S. The average molecular weight is 487 g/mol. The molecule has 0 amide bonds. The van der Waals surface area contributed by atoms with Crippen molar-refractivity contribution in [3.63, 3.8) is 0 Å². The third-order valence-corrected chi connectivity index (χ3v) is 5.95. The lowest BCUT2D eigenvalue weighted by molar-refractivity contribution is -0.385. The summed E-state index contributed by atoms with van der Waals surface area (Å²) in [6.07, 6.45) is 1.27. The van der Waals surface area contributed by atoms with E-state index in [1.54, 1.807) is 37.3 Å². The fraction of sp³-hybridized carbons (Fsp3) is 0.136. The molecule has 0 saturated heterocycles. The maximum atomic E-state index is 13.0. The number of phenolic OH excluding ortho intramolecular Hbond substituents is 1. The fourth-order valence-corrected chi connectivity index (χ4v) is 4.13. The van der Waals surface area contributed by atoms with Crippen molar-refractivity contribution >= 4 is 33.3 Å². The molecule has 0 heterocycles. The smallest absolute Gasteiger partial charge is 0.270 e. The molecule has 34 heavy (non-hydrogen) atoms. The highest BCUT2D eigenvalue weighted by Crippen LogP contribution is 2.30. The minimum absolute atomic E-state index is 0.0108. The van der Waals surface area contributed by atoms with E-state index in [9.17, 15) is 23.6 Å². The number of ether oxygens (including phenoxy) is 2. The summed E-state index contributed by atoms with van der Waals surface area (Å²) in [4.78, 5) is 10.1. The minimum atomic E-state index is -4.24. The van der Waals surface area contributed by atoms with Crippen LogP contribution in [0.1, 0.15) is 12.5 Å². The number of hydrazone groups is 1. The van der Waals surface area contributed by atoms with Gasteiger partial charge in [0.2, 0.25) is 0 Å². The lowest BCUT2D eigenvalue weighted by Crippen LogP contribution is -2.15. The molecule has 0 aliphatic rings. The van der Waals surface area contributed by atoms with E-state index >= 15 is 0 Å². The van der Waals surface area contributed by atoms with E-state index in [1.165, 1.54) is 31.5 Å². The van der Waals surface area contributed by atoms with Crippen LogP contribution in [0.2, 0.25) is 0 Å². The highest BCUT2D eigenvalue weighted by atomic mass is 32.2. The Morgan fingerprint density at radius 2 is 1.88 bits per heavy atom. The Morgan fingerprint density at radius 3 is 2.53 bits per heavy atom.